The smallest absolute Gasteiger partial charge is 0.222 e. The fourth-order valence-electron chi connectivity index (χ4n) is 2.58. The van der Waals surface area contributed by atoms with E-state index in [1.807, 2.05) is 26.8 Å². The summed E-state index contributed by atoms with van der Waals surface area (Å²) < 4.78 is 13.5. The summed E-state index contributed by atoms with van der Waals surface area (Å²) in [6.45, 7) is 8.17. The zero-order valence-corrected chi connectivity index (χ0v) is 14.0. The maximum absolute atomic E-state index is 13.5. The second kappa shape index (κ2) is 8.28. The van der Waals surface area contributed by atoms with E-state index in [1.54, 1.807) is 19.1 Å². The van der Waals surface area contributed by atoms with E-state index in [4.69, 9.17) is 0 Å². The van der Waals surface area contributed by atoms with Gasteiger partial charge in [0.2, 0.25) is 5.91 Å². The Morgan fingerprint density at radius 1 is 1.32 bits per heavy atom. The molecule has 2 atom stereocenters. The van der Waals surface area contributed by atoms with Gasteiger partial charge in [0.05, 0.1) is 6.10 Å². The van der Waals surface area contributed by atoms with E-state index in [0.717, 1.165) is 0 Å². The van der Waals surface area contributed by atoms with Gasteiger partial charge in [-0.15, -0.1) is 0 Å². The normalized spacial score (nSPS) is 14.5. The average Bonchev–Trinajstić information content (AvgIpc) is 2.42. The van der Waals surface area contributed by atoms with Crippen LogP contribution < -0.4 is 5.32 Å². The van der Waals surface area contributed by atoms with Crippen LogP contribution in [0.1, 0.15) is 46.1 Å². The van der Waals surface area contributed by atoms with Gasteiger partial charge in [-0.2, -0.15) is 0 Å². The van der Waals surface area contributed by atoms with Crippen LogP contribution in [0.25, 0.3) is 0 Å². The largest absolute Gasteiger partial charge is 0.393 e. The third-order valence-corrected chi connectivity index (χ3v) is 3.84. The lowest BCUT2D eigenvalue weighted by molar-refractivity contribution is -0.125. The molecule has 0 bridgehead atoms. The molecule has 22 heavy (non-hydrogen) atoms. The quantitative estimate of drug-likeness (QED) is 0.774. The van der Waals surface area contributed by atoms with Crippen LogP contribution >= 0.6 is 0 Å². The van der Waals surface area contributed by atoms with Crippen molar-refractivity contribution in [3.63, 3.8) is 0 Å². The van der Waals surface area contributed by atoms with Crippen molar-refractivity contribution < 1.29 is 14.3 Å². The first-order valence-electron chi connectivity index (χ1n) is 7.90. The molecule has 0 aliphatic heterocycles. The van der Waals surface area contributed by atoms with Gasteiger partial charge in [-0.3, -0.25) is 4.79 Å². The highest BCUT2D eigenvalue weighted by Crippen LogP contribution is 2.21. The molecule has 124 valence electrons. The molecule has 1 aromatic carbocycles. The predicted octanol–water partition coefficient (Wildman–Crippen LogP) is 3.31. The Kier molecular flexibility index (Phi) is 7.01. The highest BCUT2D eigenvalue weighted by Gasteiger charge is 2.22. The maximum atomic E-state index is 13.5. The van der Waals surface area contributed by atoms with Crippen LogP contribution in [0.2, 0.25) is 0 Å². The van der Waals surface area contributed by atoms with Crippen LogP contribution in [-0.2, 0) is 11.2 Å². The summed E-state index contributed by atoms with van der Waals surface area (Å²) in [6, 6.07) is 6.67. The minimum atomic E-state index is -0.384. The van der Waals surface area contributed by atoms with E-state index >= 15 is 0 Å². The number of aryl methyl sites for hydroxylation is 1. The van der Waals surface area contributed by atoms with Crippen LogP contribution in [0.15, 0.2) is 24.3 Å². The number of halogens is 1. The highest BCUT2D eigenvalue weighted by atomic mass is 19.1. The standard InChI is InChI=1S/C18H28FNO2/c1-13(9-10-15-7-5-6-8-16(15)19)17(22)20-12-18(3,4)11-14(2)21/h5-8,13-14,21H,9-12H2,1-4H3,(H,20,22). The Hall–Kier alpha value is -1.42. The molecule has 0 spiro atoms. The molecule has 0 aliphatic rings. The molecule has 2 N–H and O–H groups in total. The number of aliphatic hydroxyl groups is 1. The molecule has 0 aliphatic carbocycles. The topological polar surface area (TPSA) is 49.3 Å². The molecule has 0 heterocycles. The Balaban J connectivity index is 2.41. The van der Waals surface area contributed by atoms with E-state index in [-0.39, 0.29) is 29.2 Å². The van der Waals surface area contributed by atoms with Gasteiger partial charge in [0, 0.05) is 12.5 Å². The molecule has 1 aromatic rings. The summed E-state index contributed by atoms with van der Waals surface area (Å²) in [7, 11) is 0. The van der Waals surface area contributed by atoms with Crippen LogP contribution in [0.3, 0.4) is 0 Å². The Labute approximate surface area is 132 Å². The molecule has 1 rings (SSSR count). The van der Waals surface area contributed by atoms with Gasteiger partial charge in [-0.1, -0.05) is 39.0 Å². The summed E-state index contributed by atoms with van der Waals surface area (Å²) in [6.07, 6.45) is 1.42. The van der Waals surface area contributed by atoms with Crippen LogP contribution in [0.4, 0.5) is 4.39 Å². The summed E-state index contributed by atoms with van der Waals surface area (Å²) in [5.41, 5.74) is 0.506. The average molecular weight is 309 g/mol. The van der Waals surface area contributed by atoms with Crippen LogP contribution in [0, 0.1) is 17.2 Å². The van der Waals surface area contributed by atoms with Crippen molar-refractivity contribution >= 4 is 5.91 Å². The maximum Gasteiger partial charge on any atom is 0.222 e. The van der Waals surface area contributed by atoms with Crippen molar-refractivity contribution in [2.75, 3.05) is 6.54 Å². The molecule has 0 fully saturated rings. The van der Waals surface area contributed by atoms with Gasteiger partial charge in [0.25, 0.3) is 0 Å². The number of rotatable bonds is 8. The minimum absolute atomic E-state index is 0.0185. The number of benzene rings is 1. The van der Waals surface area contributed by atoms with Gasteiger partial charge < -0.3 is 10.4 Å². The third-order valence-electron chi connectivity index (χ3n) is 3.84. The molecular formula is C18H28FNO2. The van der Waals surface area contributed by atoms with Gasteiger partial charge in [-0.25, -0.2) is 4.39 Å². The third kappa shape index (κ3) is 6.56. The van der Waals surface area contributed by atoms with Crippen molar-refractivity contribution in [1.82, 2.24) is 5.32 Å². The van der Waals surface area contributed by atoms with Crippen molar-refractivity contribution in [2.24, 2.45) is 11.3 Å². The first-order chi connectivity index (χ1) is 10.2. The van der Waals surface area contributed by atoms with Crippen molar-refractivity contribution in [3.05, 3.63) is 35.6 Å². The molecular weight excluding hydrogens is 281 g/mol. The lowest BCUT2D eigenvalue weighted by Gasteiger charge is -2.27. The van der Waals surface area contributed by atoms with Crippen LogP contribution in [-0.4, -0.2) is 23.7 Å². The SMILES string of the molecule is CC(O)CC(C)(C)CNC(=O)C(C)CCc1ccccc1F. The number of amides is 1. The molecule has 1 amide bonds. The number of hydrogen-bond acceptors (Lipinski definition) is 2. The van der Waals surface area contributed by atoms with E-state index in [9.17, 15) is 14.3 Å². The first-order valence-corrected chi connectivity index (χ1v) is 7.90. The van der Waals surface area contributed by atoms with Crippen molar-refractivity contribution in [3.8, 4) is 0 Å². The van der Waals surface area contributed by atoms with Gasteiger partial charge in [0.1, 0.15) is 5.82 Å². The van der Waals surface area contributed by atoms with Crippen molar-refractivity contribution in [2.45, 2.75) is 53.1 Å². The first kappa shape index (κ1) is 18.6. The lowest BCUT2D eigenvalue weighted by Crippen LogP contribution is -2.38. The number of carbonyl (C=O) groups is 1. The van der Waals surface area contributed by atoms with E-state index in [1.165, 1.54) is 6.07 Å². The zero-order valence-electron chi connectivity index (χ0n) is 14.0. The van der Waals surface area contributed by atoms with Gasteiger partial charge in [0.15, 0.2) is 0 Å². The Morgan fingerprint density at radius 2 is 1.95 bits per heavy atom. The summed E-state index contributed by atoms with van der Waals surface area (Å²) in [4.78, 5) is 12.1. The second-order valence-corrected chi connectivity index (χ2v) is 6.97. The predicted molar refractivity (Wildman–Crippen MR) is 87.0 cm³/mol. The number of aliphatic hydroxyl groups excluding tert-OH is 1. The highest BCUT2D eigenvalue weighted by molar-refractivity contribution is 5.78. The number of nitrogens with one attached hydrogen (secondary N) is 1. The molecule has 3 nitrogen and oxygen atoms in total. The summed E-state index contributed by atoms with van der Waals surface area (Å²) in [5.74, 6) is -0.398. The second-order valence-electron chi connectivity index (χ2n) is 6.97. The fraction of sp³-hybridized carbons (Fsp3) is 0.611. The molecule has 0 saturated carbocycles. The van der Waals surface area contributed by atoms with Gasteiger partial charge >= 0.3 is 0 Å². The van der Waals surface area contributed by atoms with Crippen LogP contribution in [0.5, 0.6) is 0 Å². The Bertz CT molecular complexity index is 486. The van der Waals surface area contributed by atoms with E-state index < -0.39 is 0 Å². The lowest BCUT2D eigenvalue weighted by atomic mass is 9.86. The summed E-state index contributed by atoms with van der Waals surface area (Å²) in [5, 5.41) is 12.4. The molecule has 4 heteroatoms. The van der Waals surface area contributed by atoms with E-state index in [0.29, 0.717) is 31.4 Å². The molecule has 0 radical (unpaired) electrons. The van der Waals surface area contributed by atoms with Crippen molar-refractivity contribution in [1.29, 1.82) is 0 Å². The molecule has 0 saturated heterocycles. The minimum Gasteiger partial charge on any atom is -0.393 e. The summed E-state index contributed by atoms with van der Waals surface area (Å²) >= 11 is 0. The number of carbonyl (C=O) groups excluding carboxylic acids is 1. The fourth-order valence-corrected chi connectivity index (χ4v) is 2.58. The number of hydrogen-bond donors (Lipinski definition) is 2. The molecule has 2 unspecified atom stereocenters. The Morgan fingerprint density at radius 3 is 2.55 bits per heavy atom. The monoisotopic (exact) mass is 309 g/mol. The zero-order chi connectivity index (χ0) is 16.8. The van der Waals surface area contributed by atoms with Gasteiger partial charge in [-0.05, 0) is 43.2 Å². The molecule has 0 aromatic heterocycles. The van der Waals surface area contributed by atoms with E-state index in [2.05, 4.69) is 5.32 Å².